The average Bonchev–Trinajstić information content (AvgIpc) is 2.79. The molecule has 168 valence electrons. The standard InChI is InChI=1S/C23H29FN8/c1-28-20-5-3-15(11-18(20)24)22-17(14-4-6-21(31(2)27)19(26)12-14)13-29-23(30-22)32-9-7-16(25)8-10-32/h3-6,11-13,16,28H,7-10,25-27H2,1-2H3. The van der Waals surface area contributed by atoms with Crippen molar-refractivity contribution in [2.75, 3.05) is 48.1 Å². The van der Waals surface area contributed by atoms with Crippen LogP contribution in [0.15, 0.2) is 42.6 Å². The summed E-state index contributed by atoms with van der Waals surface area (Å²) >= 11 is 0. The molecule has 8 nitrogen and oxygen atoms in total. The molecule has 4 rings (SSSR count). The largest absolute Gasteiger partial charge is 0.397 e. The van der Waals surface area contributed by atoms with Crippen LogP contribution in [-0.2, 0) is 0 Å². The van der Waals surface area contributed by atoms with Gasteiger partial charge in [0.05, 0.1) is 22.8 Å². The molecule has 1 fully saturated rings. The minimum Gasteiger partial charge on any atom is -0.397 e. The van der Waals surface area contributed by atoms with E-state index in [0.29, 0.717) is 34.3 Å². The maximum absolute atomic E-state index is 14.6. The van der Waals surface area contributed by atoms with Crippen molar-refractivity contribution >= 4 is 23.0 Å². The predicted octanol–water partition coefficient (Wildman–Crippen LogP) is 2.81. The lowest BCUT2D eigenvalue weighted by atomic mass is 9.99. The van der Waals surface area contributed by atoms with E-state index in [4.69, 9.17) is 22.3 Å². The van der Waals surface area contributed by atoms with Gasteiger partial charge in [-0.05, 0) is 42.7 Å². The number of aromatic nitrogens is 2. The second-order valence-electron chi connectivity index (χ2n) is 8.09. The number of nitrogens with one attached hydrogen (secondary N) is 1. The molecule has 3 aromatic rings. The Morgan fingerprint density at radius 2 is 1.84 bits per heavy atom. The van der Waals surface area contributed by atoms with Crippen LogP contribution in [0.2, 0.25) is 0 Å². The smallest absolute Gasteiger partial charge is 0.225 e. The quantitative estimate of drug-likeness (QED) is 0.274. The van der Waals surface area contributed by atoms with Crippen LogP contribution in [0.25, 0.3) is 22.4 Å². The Kier molecular flexibility index (Phi) is 6.11. The van der Waals surface area contributed by atoms with Crippen molar-refractivity contribution in [3.8, 4) is 22.4 Å². The Bertz CT molecular complexity index is 1110. The highest BCUT2D eigenvalue weighted by Crippen LogP contribution is 2.35. The van der Waals surface area contributed by atoms with Crippen LogP contribution in [-0.4, -0.2) is 43.2 Å². The fourth-order valence-corrected chi connectivity index (χ4v) is 3.96. The molecule has 1 aromatic heterocycles. The number of nitrogen functional groups attached to an aromatic ring is 1. The monoisotopic (exact) mass is 436 g/mol. The molecule has 0 amide bonds. The molecule has 0 saturated carbocycles. The summed E-state index contributed by atoms with van der Waals surface area (Å²) in [6, 6.07) is 10.8. The molecule has 7 N–H and O–H groups in total. The maximum atomic E-state index is 14.6. The molecule has 0 atom stereocenters. The third kappa shape index (κ3) is 4.30. The van der Waals surface area contributed by atoms with Crippen molar-refractivity contribution in [2.45, 2.75) is 18.9 Å². The number of anilines is 4. The van der Waals surface area contributed by atoms with Gasteiger partial charge in [-0.2, -0.15) is 0 Å². The highest BCUT2D eigenvalue weighted by atomic mass is 19.1. The van der Waals surface area contributed by atoms with E-state index in [1.807, 2.05) is 24.3 Å². The van der Waals surface area contributed by atoms with Crippen LogP contribution in [0, 0.1) is 5.82 Å². The number of hydrogen-bond donors (Lipinski definition) is 4. The van der Waals surface area contributed by atoms with Gasteiger partial charge in [-0.3, -0.25) is 0 Å². The second kappa shape index (κ2) is 8.97. The first-order valence-corrected chi connectivity index (χ1v) is 10.6. The number of hydrogen-bond acceptors (Lipinski definition) is 8. The van der Waals surface area contributed by atoms with Gasteiger partial charge in [0.15, 0.2) is 0 Å². The van der Waals surface area contributed by atoms with Gasteiger partial charge in [-0.25, -0.2) is 20.2 Å². The normalized spacial score (nSPS) is 14.5. The first kappa shape index (κ1) is 21.8. The second-order valence-corrected chi connectivity index (χ2v) is 8.09. The topological polar surface area (TPSA) is 122 Å². The van der Waals surface area contributed by atoms with E-state index in [0.717, 1.165) is 37.1 Å². The first-order valence-electron chi connectivity index (χ1n) is 10.6. The van der Waals surface area contributed by atoms with Crippen LogP contribution in [0.4, 0.5) is 27.4 Å². The van der Waals surface area contributed by atoms with E-state index in [9.17, 15) is 4.39 Å². The highest BCUT2D eigenvalue weighted by Gasteiger charge is 2.21. The van der Waals surface area contributed by atoms with E-state index in [-0.39, 0.29) is 11.9 Å². The highest BCUT2D eigenvalue weighted by molar-refractivity contribution is 5.85. The van der Waals surface area contributed by atoms with Crippen LogP contribution in [0.1, 0.15) is 12.8 Å². The first-order chi connectivity index (χ1) is 15.4. The summed E-state index contributed by atoms with van der Waals surface area (Å²) in [5.74, 6) is 6.11. The predicted molar refractivity (Wildman–Crippen MR) is 129 cm³/mol. The maximum Gasteiger partial charge on any atom is 0.225 e. The lowest BCUT2D eigenvalue weighted by Gasteiger charge is -2.30. The van der Waals surface area contributed by atoms with Gasteiger partial charge in [-0.1, -0.05) is 12.1 Å². The van der Waals surface area contributed by atoms with Crippen molar-refractivity contribution < 1.29 is 4.39 Å². The van der Waals surface area contributed by atoms with Gasteiger partial charge in [-0.15, -0.1) is 0 Å². The van der Waals surface area contributed by atoms with Crippen LogP contribution in [0.5, 0.6) is 0 Å². The third-order valence-corrected chi connectivity index (χ3v) is 5.83. The number of rotatable bonds is 5. The fourth-order valence-electron chi connectivity index (χ4n) is 3.96. The Morgan fingerprint density at radius 1 is 1.12 bits per heavy atom. The van der Waals surface area contributed by atoms with Gasteiger partial charge in [0.25, 0.3) is 0 Å². The summed E-state index contributed by atoms with van der Waals surface area (Å²) in [6.07, 6.45) is 3.55. The molecule has 2 aromatic carbocycles. The van der Waals surface area contributed by atoms with Crippen LogP contribution < -0.4 is 32.5 Å². The number of benzene rings is 2. The Hall–Kier alpha value is -3.43. The summed E-state index contributed by atoms with van der Waals surface area (Å²) in [6.45, 7) is 1.58. The van der Waals surface area contributed by atoms with Gasteiger partial charge in [0.2, 0.25) is 5.95 Å². The van der Waals surface area contributed by atoms with E-state index in [1.165, 1.54) is 11.1 Å². The van der Waals surface area contributed by atoms with Crippen molar-refractivity contribution in [1.29, 1.82) is 0 Å². The van der Waals surface area contributed by atoms with Crippen LogP contribution >= 0.6 is 0 Å². The number of nitrogens with zero attached hydrogens (tertiary/aromatic N) is 4. The summed E-state index contributed by atoms with van der Waals surface area (Å²) in [5.41, 5.74) is 16.8. The van der Waals surface area contributed by atoms with Crippen molar-refractivity contribution in [2.24, 2.45) is 11.6 Å². The minimum atomic E-state index is -0.348. The molecule has 1 aliphatic heterocycles. The molecule has 9 heteroatoms. The molecule has 0 unspecified atom stereocenters. The molecule has 0 aliphatic carbocycles. The minimum absolute atomic E-state index is 0.204. The molecular formula is C23H29FN8. The molecule has 32 heavy (non-hydrogen) atoms. The van der Waals surface area contributed by atoms with Gasteiger partial charge in [0.1, 0.15) is 5.82 Å². The zero-order chi connectivity index (χ0) is 22.8. The van der Waals surface area contributed by atoms with Crippen molar-refractivity contribution in [3.63, 3.8) is 0 Å². The SMILES string of the molecule is CNc1ccc(-c2nc(N3CCC(N)CC3)ncc2-c2ccc(N(C)N)c(N)c2)cc1F. The van der Waals surface area contributed by atoms with Crippen molar-refractivity contribution in [1.82, 2.24) is 9.97 Å². The number of nitrogens with two attached hydrogens (primary N) is 3. The van der Waals surface area contributed by atoms with E-state index < -0.39 is 0 Å². The Morgan fingerprint density at radius 3 is 2.47 bits per heavy atom. The van der Waals surface area contributed by atoms with Gasteiger partial charge < -0.3 is 26.7 Å². The van der Waals surface area contributed by atoms with Crippen LogP contribution in [0.3, 0.4) is 0 Å². The number of piperidine rings is 1. The molecule has 0 bridgehead atoms. The van der Waals surface area contributed by atoms with E-state index in [2.05, 4.69) is 15.2 Å². The zero-order valence-corrected chi connectivity index (χ0v) is 18.3. The molecule has 1 saturated heterocycles. The fraction of sp³-hybridized carbons (Fsp3) is 0.304. The lowest BCUT2D eigenvalue weighted by molar-refractivity contribution is 0.495. The average molecular weight is 437 g/mol. The summed E-state index contributed by atoms with van der Waals surface area (Å²) in [5, 5.41) is 4.32. The van der Waals surface area contributed by atoms with Gasteiger partial charge >= 0.3 is 0 Å². The van der Waals surface area contributed by atoms with Gasteiger partial charge in [0, 0.05) is 50.6 Å². The zero-order valence-electron chi connectivity index (χ0n) is 18.3. The molecule has 1 aliphatic rings. The summed E-state index contributed by atoms with van der Waals surface area (Å²) in [7, 11) is 3.41. The molecule has 0 spiro atoms. The Labute approximate surface area is 187 Å². The van der Waals surface area contributed by atoms with E-state index in [1.54, 1.807) is 26.4 Å². The third-order valence-electron chi connectivity index (χ3n) is 5.83. The molecule has 2 heterocycles. The molecular weight excluding hydrogens is 407 g/mol. The van der Waals surface area contributed by atoms with E-state index >= 15 is 0 Å². The van der Waals surface area contributed by atoms with Crippen molar-refractivity contribution in [3.05, 3.63) is 48.4 Å². The summed E-state index contributed by atoms with van der Waals surface area (Å²) < 4.78 is 14.6. The number of halogens is 1. The number of hydrazine groups is 1. The Balaban J connectivity index is 1.82. The summed E-state index contributed by atoms with van der Waals surface area (Å²) in [4.78, 5) is 11.6. The lowest BCUT2D eigenvalue weighted by Crippen LogP contribution is -2.40. The molecule has 0 radical (unpaired) electrons.